The molecule has 1 aliphatic heterocycles. The minimum Gasteiger partial charge on any atom is -0.345 e. The molecule has 146 valence electrons. The van der Waals surface area contributed by atoms with Gasteiger partial charge in [0, 0.05) is 31.7 Å². The van der Waals surface area contributed by atoms with Crippen molar-refractivity contribution in [3.63, 3.8) is 0 Å². The molecule has 2 aliphatic carbocycles. The highest BCUT2D eigenvalue weighted by atomic mass is 16.2. The van der Waals surface area contributed by atoms with Crippen molar-refractivity contribution in [2.75, 3.05) is 20.1 Å². The topological polar surface area (TPSA) is 52.7 Å². The summed E-state index contributed by atoms with van der Waals surface area (Å²) in [4.78, 5) is 29.2. The fourth-order valence-corrected chi connectivity index (χ4v) is 5.07. The third-order valence-corrected chi connectivity index (χ3v) is 6.73. The number of hydrogen-bond acceptors (Lipinski definition) is 3. The number of amides is 2. The number of nitrogens with one attached hydrogen (secondary N) is 1. The molecular formula is C22H31N3O2. The number of nitrogens with zero attached hydrogens (tertiary/aromatic N) is 2. The summed E-state index contributed by atoms with van der Waals surface area (Å²) in [6.45, 7) is 1.96. The fourth-order valence-electron chi connectivity index (χ4n) is 5.07. The lowest BCUT2D eigenvalue weighted by Crippen LogP contribution is -2.54. The van der Waals surface area contributed by atoms with Crippen LogP contribution in [0, 0.1) is 0 Å². The molecule has 2 amide bonds. The highest BCUT2D eigenvalue weighted by molar-refractivity contribution is 6.35. The van der Waals surface area contributed by atoms with E-state index in [4.69, 9.17) is 0 Å². The Morgan fingerprint density at radius 2 is 1.70 bits per heavy atom. The number of carbonyl (C=O) groups is 2. The van der Waals surface area contributed by atoms with Crippen LogP contribution in [0.2, 0.25) is 0 Å². The van der Waals surface area contributed by atoms with Gasteiger partial charge in [0.1, 0.15) is 0 Å². The maximum atomic E-state index is 12.6. The van der Waals surface area contributed by atoms with Crippen LogP contribution in [0.5, 0.6) is 0 Å². The van der Waals surface area contributed by atoms with Crippen molar-refractivity contribution in [3.05, 3.63) is 35.4 Å². The quantitative estimate of drug-likeness (QED) is 0.831. The second-order valence-corrected chi connectivity index (χ2v) is 8.49. The molecule has 1 aromatic rings. The summed E-state index contributed by atoms with van der Waals surface area (Å²) in [5.41, 5.74) is 2.93. The molecule has 0 unspecified atom stereocenters. The van der Waals surface area contributed by atoms with Crippen LogP contribution in [-0.2, 0) is 22.4 Å². The summed E-state index contributed by atoms with van der Waals surface area (Å²) in [6, 6.07) is 9.56. The van der Waals surface area contributed by atoms with E-state index in [0.717, 1.165) is 64.5 Å². The van der Waals surface area contributed by atoms with Gasteiger partial charge in [-0.2, -0.15) is 0 Å². The highest BCUT2D eigenvalue weighted by Gasteiger charge is 2.34. The van der Waals surface area contributed by atoms with E-state index in [9.17, 15) is 9.59 Å². The van der Waals surface area contributed by atoms with Crippen LogP contribution in [0.4, 0.5) is 0 Å². The maximum absolute atomic E-state index is 12.6. The van der Waals surface area contributed by atoms with Crippen LogP contribution >= 0.6 is 0 Å². The second kappa shape index (κ2) is 8.01. The Morgan fingerprint density at radius 3 is 2.37 bits per heavy atom. The molecule has 5 nitrogen and oxygen atoms in total. The van der Waals surface area contributed by atoms with E-state index in [-0.39, 0.29) is 18.0 Å². The summed E-state index contributed by atoms with van der Waals surface area (Å²) < 4.78 is 0. The summed E-state index contributed by atoms with van der Waals surface area (Å²) >= 11 is 0. The molecule has 0 bridgehead atoms. The average molecular weight is 370 g/mol. The first-order valence-electron chi connectivity index (χ1n) is 10.5. The zero-order valence-electron chi connectivity index (χ0n) is 16.3. The number of likely N-dealkylation sites (N-methyl/N-ethyl adjacent to an activating group) is 1. The zero-order valence-corrected chi connectivity index (χ0v) is 16.3. The third-order valence-electron chi connectivity index (χ3n) is 6.73. The Morgan fingerprint density at radius 1 is 1.04 bits per heavy atom. The van der Waals surface area contributed by atoms with Crippen LogP contribution in [0.3, 0.4) is 0 Å². The van der Waals surface area contributed by atoms with Crippen LogP contribution < -0.4 is 5.32 Å². The van der Waals surface area contributed by atoms with E-state index in [1.165, 1.54) is 11.1 Å². The summed E-state index contributed by atoms with van der Waals surface area (Å²) in [5.74, 6) is -0.793. The molecule has 1 saturated carbocycles. The van der Waals surface area contributed by atoms with Crippen LogP contribution in [-0.4, -0.2) is 59.9 Å². The van der Waals surface area contributed by atoms with Crippen molar-refractivity contribution in [2.45, 2.75) is 69.5 Å². The minimum absolute atomic E-state index is 0.129. The molecule has 2 fully saturated rings. The lowest BCUT2D eigenvalue weighted by atomic mass is 10.0. The van der Waals surface area contributed by atoms with Gasteiger partial charge >= 0.3 is 11.8 Å². The Balaban J connectivity index is 1.33. The first-order chi connectivity index (χ1) is 13.1. The van der Waals surface area contributed by atoms with Crippen molar-refractivity contribution in [3.8, 4) is 0 Å². The van der Waals surface area contributed by atoms with Crippen molar-refractivity contribution in [1.29, 1.82) is 0 Å². The molecule has 0 aromatic heterocycles. The van der Waals surface area contributed by atoms with Crippen LogP contribution in [0.15, 0.2) is 24.3 Å². The number of benzene rings is 1. The fraction of sp³-hybridized carbons (Fsp3) is 0.636. The summed E-state index contributed by atoms with van der Waals surface area (Å²) in [7, 11) is 1.80. The molecular weight excluding hydrogens is 338 g/mol. The van der Waals surface area contributed by atoms with Gasteiger partial charge in [-0.3, -0.25) is 14.5 Å². The highest BCUT2D eigenvalue weighted by Crippen LogP contribution is 2.28. The Kier molecular flexibility index (Phi) is 5.48. The third kappa shape index (κ3) is 4.03. The second-order valence-electron chi connectivity index (χ2n) is 8.49. The molecule has 1 saturated heterocycles. The van der Waals surface area contributed by atoms with Crippen molar-refractivity contribution < 1.29 is 9.59 Å². The van der Waals surface area contributed by atoms with Gasteiger partial charge in [0.05, 0.1) is 0 Å². The lowest BCUT2D eigenvalue weighted by Gasteiger charge is -2.40. The van der Waals surface area contributed by atoms with E-state index in [1.807, 2.05) is 0 Å². The smallest absolute Gasteiger partial charge is 0.311 e. The van der Waals surface area contributed by atoms with Gasteiger partial charge in [0.15, 0.2) is 0 Å². The molecule has 1 heterocycles. The van der Waals surface area contributed by atoms with E-state index in [0.29, 0.717) is 6.04 Å². The largest absolute Gasteiger partial charge is 0.345 e. The van der Waals surface area contributed by atoms with Gasteiger partial charge in [0.2, 0.25) is 0 Å². The van der Waals surface area contributed by atoms with Crippen molar-refractivity contribution in [2.24, 2.45) is 0 Å². The summed E-state index contributed by atoms with van der Waals surface area (Å²) in [5, 5.41) is 2.93. The molecule has 1 N–H and O–H groups in total. The monoisotopic (exact) mass is 369 g/mol. The number of likely N-dealkylation sites (tertiary alicyclic amines) is 1. The van der Waals surface area contributed by atoms with E-state index >= 15 is 0 Å². The SMILES string of the molecule is CN(C(=O)C(=O)NC1CCCC1)[C@H]1CCCN(C2Cc3ccccc3C2)C1. The summed E-state index contributed by atoms with van der Waals surface area (Å²) in [6.07, 6.45) is 8.57. The van der Waals surface area contributed by atoms with Crippen LogP contribution in [0.25, 0.3) is 0 Å². The van der Waals surface area contributed by atoms with Gasteiger partial charge in [-0.05, 0) is 56.2 Å². The minimum atomic E-state index is -0.421. The predicted molar refractivity (Wildman–Crippen MR) is 105 cm³/mol. The lowest BCUT2D eigenvalue weighted by molar-refractivity contribution is -0.147. The molecule has 5 heteroatoms. The van der Waals surface area contributed by atoms with E-state index in [1.54, 1.807) is 11.9 Å². The van der Waals surface area contributed by atoms with Gasteiger partial charge < -0.3 is 10.2 Å². The predicted octanol–water partition coefficient (Wildman–Crippen LogP) is 2.14. The average Bonchev–Trinajstić information content (AvgIpc) is 3.36. The number of fused-ring (bicyclic) bond motifs is 1. The molecule has 3 aliphatic rings. The number of piperidine rings is 1. The normalized spacial score (nSPS) is 24.0. The molecule has 27 heavy (non-hydrogen) atoms. The first-order valence-corrected chi connectivity index (χ1v) is 10.5. The maximum Gasteiger partial charge on any atom is 0.311 e. The van der Waals surface area contributed by atoms with E-state index < -0.39 is 5.91 Å². The number of hydrogen-bond donors (Lipinski definition) is 1. The Bertz CT molecular complexity index is 674. The van der Waals surface area contributed by atoms with Gasteiger partial charge in [-0.1, -0.05) is 37.1 Å². The van der Waals surface area contributed by atoms with Crippen molar-refractivity contribution >= 4 is 11.8 Å². The molecule has 4 rings (SSSR count). The molecule has 0 spiro atoms. The van der Waals surface area contributed by atoms with Gasteiger partial charge in [-0.25, -0.2) is 0 Å². The van der Waals surface area contributed by atoms with Gasteiger partial charge in [-0.15, -0.1) is 0 Å². The Hall–Kier alpha value is -1.88. The molecule has 1 aromatic carbocycles. The van der Waals surface area contributed by atoms with Crippen molar-refractivity contribution in [1.82, 2.24) is 15.1 Å². The first kappa shape index (κ1) is 18.5. The van der Waals surface area contributed by atoms with Gasteiger partial charge in [0.25, 0.3) is 0 Å². The number of rotatable bonds is 3. The standard InChI is InChI=1S/C22H31N3O2/c1-24(22(27)21(26)23-18-9-4-5-10-18)19-11-6-12-25(15-19)20-13-16-7-2-3-8-17(16)14-20/h2-3,7-8,18-20H,4-6,9-15H2,1H3,(H,23,26)/t19-/m0/s1. The molecule has 0 radical (unpaired) electrons. The van der Waals surface area contributed by atoms with E-state index in [2.05, 4.69) is 34.5 Å². The van der Waals surface area contributed by atoms with Crippen LogP contribution in [0.1, 0.15) is 49.7 Å². The molecule has 1 atom stereocenters. The number of carbonyl (C=O) groups excluding carboxylic acids is 2. The Labute approximate surface area is 162 Å². The zero-order chi connectivity index (χ0) is 18.8.